The van der Waals surface area contributed by atoms with Gasteiger partial charge in [0.15, 0.2) is 36.2 Å². The minimum Gasteiger partial charge on any atom is -1.00 e. The van der Waals surface area contributed by atoms with E-state index in [9.17, 15) is 4.79 Å². The zero-order valence-electron chi connectivity index (χ0n) is 16.9. The van der Waals surface area contributed by atoms with Gasteiger partial charge in [-0.1, -0.05) is 30.3 Å². The summed E-state index contributed by atoms with van der Waals surface area (Å²) in [6.07, 6.45) is 5.58. The molecule has 2 aromatic carbocycles. The molecule has 0 saturated heterocycles. The lowest BCUT2D eigenvalue weighted by Gasteiger charge is -2.09. The van der Waals surface area contributed by atoms with E-state index in [0.717, 1.165) is 34.1 Å². The van der Waals surface area contributed by atoms with Crippen LogP contribution < -0.4 is 31.0 Å². The molecule has 0 spiro atoms. The Balaban J connectivity index is 0.00000256. The second-order valence-corrected chi connectivity index (χ2v) is 8.16. The van der Waals surface area contributed by atoms with Crippen molar-refractivity contribution in [2.45, 2.75) is 19.4 Å². The van der Waals surface area contributed by atoms with E-state index in [0.29, 0.717) is 17.9 Å². The molecule has 1 atom stereocenters. The molecule has 1 aromatic heterocycles. The lowest BCUT2D eigenvalue weighted by molar-refractivity contribution is -0.689. The number of rotatable bonds is 6. The normalized spacial score (nSPS) is 14.8. The van der Waals surface area contributed by atoms with E-state index in [-0.39, 0.29) is 28.7 Å². The van der Waals surface area contributed by atoms with Crippen molar-refractivity contribution in [1.82, 2.24) is 0 Å². The minimum absolute atomic E-state index is 0. The van der Waals surface area contributed by atoms with Crippen molar-refractivity contribution in [1.29, 1.82) is 0 Å². The van der Waals surface area contributed by atoms with Gasteiger partial charge in [-0.25, -0.2) is 0 Å². The van der Waals surface area contributed by atoms with Crippen LogP contribution in [0.15, 0.2) is 65.4 Å². The molecule has 3 aromatic rings. The Bertz CT molecular complexity index is 1050. The Kier molecular flexibility index (Phi) is 7.32. The third kappa shape index (κ3) is 4.60. The maximum Gasteiger partial charge on any atom is 0.183 e. The molecule has 6 heteroatoms. The zero-order chi connectivity index (χ0) is 20.4. The van der Waals surface area contributed by atoms with Gasteiger partial charge in [-0.15, -0.1) is 0 Å². The highest BCUT2D eigenvalue weighted by Gasteiger charge is 2.32. The fourth-order valence-corrected chi connectivity index (χ4v) is 4.48. The van der Waals surface area contributed by atoms with Gasteiger partial charge >= 0.3 is 0 Å². The van der Waals surface area contributed by atoms with Crippen molar-refractivity contribution < 1.29 is 35.8 Å². The molecule has 0 radical (unpaired) electrons. The monoisotopic (exact) mass is 531 g/mol. The SMILES string of the molecule is COc1cc2c(cc1OC)C(=O)C(Cc1cc[n+](Cc3ccccc3)cc1Br)C2.[Br-]. The number of ketones is 1. The first-order valence-corrected chi connectivity index (χ1v) is 10.4. The largest absolute Gasteiger partial charge is 1.00 e. The second-order valence-electron chi connectivity index (χ2n) is 7.31. The number of hydrogen-bond donors (Lipinski definition) is 0. The number of pyridine rings is 1. The summed E-state index contributed by atoms with van der Waals surface area (Å²) >= 11 is 3.70. The number of methoxy groups -OCH3 is 2. The minimum atomic E-state index is -0.0666. The number of benzene rings is 2. The number of hydrogen-bond acceptors (Lipinski definition) is 3. The topological polar surface area (TPSA) is 39.4 Å². The highest BCUT2D eigenvalue weighted by molar-refractivity contribution is 9.10. The van der Waals surface area contributed by atoms with E-state index in [4.69, 9.17) is 9.47 Å². The molecule has 0 saturated carbocycles. The van der Waals surface area contributed by atoms with E-state index in [2.05, 4.69) is 51.1 Å². The lowest BCUT2D eigenvalue weighted by Crippen LogP contribution is -3.00. The predicted octanol–water partition coefficient (Wildman–Crippen LogP) is 1.40. The number of carbonyl (C=O) groups is 1. The predicted molar refractivity (Wildman–Crippen MR) is 115 cm³/mol. The Morgan fingerprint density at radius 1 is 1.07 bits per heavy atom. The highest BCUT2D eigenvalue weighted by atomic mass is 79.9. The first kappa shape index (κ1) is 22.5. The Morgan fingerprint density at radius 2 is 1.77 bits per heavy atom. The summed E-state index contributed by atoms with van der Waals surface area (Å²) in [7, 11) is 3.21. The molecule has 1 heterocycles. The third-order valence-electron chi connectivity index (χ3n) is 5.44. The summed E-state index contributed by atoms with van der Waals surface area (Å²) in [5.74, 6) is 1.38. The molecule has 4 rings (SSSR count). The van der Waals surface area contributed by atoms with Gasteiger partial charge in [0.1, 0.15) is 0 Å². The summed E-state index contributed by atoms with van der Waals surface area (Å²) in [6.45, 7) is 0.813. The van der Waals surface area contributed by atoms with Gasteiger partial charge in [0.2, 0.25) is 0 Å². The van der Waals surface area contributed by atoms with Crippen molar-refractivity contribution >= 4 is 21.7 Å². The van der Waals surface area contributed by atoms with Crippen molar-refractivity contribution in [3.63, 3.8) is 0 Å². The number of halogens is 2. The van der Waals surface area contributed by atoms with Crippen LogP contribution >= 0.6 is 15.9 Å². The molecule has 0 amide bonds. The van der Waals surface area contributed by atoms with Crippen LogP contribution in [0.3, 0.4) is 0 Å². The molecule has 0 N–H and O–H groups in total. The number of ether oxygens (including phenoxy) is 2. The number of carbonyl (C=O) groups excluding carboxylic acids is 1. The molecule has 0 aliphatic heterocycles. The summed E-state index contributed by atoms with van der Waals surface area (Å²) in [6, 6.07) is 16.2. The third-order valence-corrected chi connectivity index (χ3v) is 6.15. The van der Waals surface area contributed by atoms with E-state index >= 15 is 0 Å². The van der Waals surface area contributed by atoms with Crippen molar-refractivity contribution in [3.05, 3.63) is 87.7 Å². The van der Waals surface area contributed by atoms with Crippen LogP contribution in [0.2, 0.25) is 0 Å². The Morgan fingerprint density at radius 3 is 2.43 bits per heavy atom. The van der Waals surface area contributed by atoms with Crippen LogP contribution in [0.25, 0.3) is 0 Å². The molecule has 1 aliphatic carbocycles. The molecule has 1 aliphatic rings. The van der Waals surface area contributed by atoms with Crippen LogP contribution in [0.1, 0.15) is 27.0 Å². The second kappa shape index (κ2) is 9.75. The highest BCUT2D eigenvalue weighted by Crippen LogP contribution is 2.38. The average Bonchev–Trinajstić information content (AvgIpc) is 3.04. The Labute approximate surface area is 195 Å². The first-order chi connectivity index (χ1) is 14.1. The van der Waals surface area contributed by atoms with Crippen LogP contribution in [0, 0.1) is 5.92 Å². The maximum atomic E-state index is 13.0. The summed E-state index contributed by atoms with van der Waals surface area (Å²) in [5.41, 5.74) is 4.17. The molecular formula is C24H23Br2NO3. The molecule has 156 valence electrons. The lowest BCUT2D eigenvalue weighted by atomic mass is 9.96. The number of aromatic nitrogens is 1. The molecule has 0 fully saturated rings. The van der Waals surface area contributed by atoms with Gasteiger partial charge in [0.05, 0.1) is 18.7 Å². The van der Waals surface area contributed by atoms with E-state index < -0.39 is 0 Å². The smallest absolute Gasteiger partial charge is 0.183 e. The van der Waals surface area contributed by atoms with E-state index in [1.807, 2.05) is 30.3 Å². The number of nitrogens with zero attached hydrogens (tertiary/aromatic N) is 1. The average molecular weight is 533 g/mol. The van der Waals surface area contributed by atoms with Crippen molar-refractivity contribution in [2.24, 2.45) is 5.92 Å². The van der Waals surface area contributed by atoms with E-state index in [1.54, 1.807) is 14.2 Å². The van der Waals surface area contributed by atoms with Gasteiger partial charge in [-0.3, -0.25) is 4.79 Å². The van der Waals surface area contributed by atoms with Gasteiger partial charge in [-0.05, 0) is 52.0 Å². The fraction of sp³-hybridized carbons (Fsp3) is 0.250. The first-order valence-electron chi connectivity index (χ1n) is 9.59. The molecule has 0 bridgehead atoms. The quantitative estimate of drug-likeness (QED) is 0.451. The van der Waals surface area contributed by atoms with Crippen LogP contribution in [-0.4, -0.2) is 20.0 Å². The van der Waals surface area contributed by atoms with Gasteiger partial charge in [-0.2, -0.15) is 4.57 Å². The zero-order valence-corrected chi connectivity index (χ0v) is 20.1. The standard InChI is InChI=1S/C24H23BrNO3.BrH/c1-28-22-12-18-11-19(24(27)20(18)13-23(22)29-2)10-17-8-9-26(15-21(17)25)14-16-6-4-3-5-7-16;/h3-9,12-13,15,19H,10-11,14H2,1-2H3;1H/q+1;/p-1. The van der Waals surface area contributed by atoms with Crippen molar-refractivity contribution in [3.8, 4) is 11.5 Å². The molecule has 1 unspecified atom stereocenters. The van der Waals surface area contributed by atoms with Gasteiger partial charge < -0.3 is 26.5 Å². The van der Waals surface area contributed by atoms with Crippen LogP contribution in [-0.2, 0) is 19.4 Å². The van der Waals surface area contributed by atoms with Crippen LogP contribution in [0.4, 0.5) is 0 Å². The molecule has 4 nitrogen and oxygen atoms in total. The van der Waals surface area contributed by atoms with Crippen molar-refractivity contribution in [2.75, 3.05) is 14.2 Å². The summed E-state index contributed by atoms with van der Waals surface area (Å²) in [4.78, 5) is 13.0. The Hall–Kier alpha value is -2.18. The summed E-state index contributed by atoms with van der Waals surface area (Å²) in [5, 5.41) is 0. The molecular weight excluding hydrogens is 510 g/mol. The number of fused-ring (bicyclic) bond motifs is 1. The van der Waals surface area contributed by atoms with Crippen LogP contribution in [0.5, 0.6) is 11.5 Å². The van der Waals surface area contributed by atoms with Gasteiger partial charge in [0.25, 0.3) is 0 Å². The molecule has 30 heavy (non-hydrogen) atoms. The summed E-state index contributed by atoms with van der Waals surface area (Å²) < 4.78 is 13.9. The maximum absolute atomic E-state index is 13.0. The van der Waals surface area contributed by atoms with Gasteiger partial charge in [0, 0.05) is 23.1 Å². The fourth-order valence-electron chi connectivity index (χ4n) is 3.92. The van der Waals surface area contributed by atoms with E-state index in [1.165, 1.54) is 5.56 Å². The number of Topliss-reactive ketones (excluding diaryl/α,β-unsaturated/α-hetero) is 1.